The molecule has 0 spiro atoms. The Bertz CT molecular complexity index is 1040. The van der Waals surface area contributed by atoms with Gasteiger partial charge < -0.3 is 9.84 Å². The highest BCUT2D eigenvalue weighted by atomic mass is 16.5. The molecular formula is C23H22N2O6. The van der Waals surface area contributed by atoms with E-state index in [0.29, 0.717) is 22.9 Å². The van der Waals surface area contributed by atoms with E-state index in [9.17, 15) is 19.2 Å². The Kier molecular flexibility index (Phi) is 6.49. The van der Waals surface area contributed by atoms with Gasteiger partial charge in [-0.25, -0.2) is 14.5 Å². The summed E-state index contributed by atoms with van der Waals surface area (Å²) in [5, 5.41) is 10.8. The first-order valence-corrected chi connectivity index (χ1v) is 9.76. The summed E-state index contributed by atoms with van der Waals surface area (Å²) in [6.07, 6.45) is 2.33. The first kappa shape index (κ1) is 21.8. The Morgan fingerprint density at radius 2 is 1.74 bits per heavy atom. The van der Waals surface area contributed by atoms with Gasteiger partial charge in [0.25, 0.3) is 11.8 Å². The van der Waals surface area contributed by atoms with Crippen molar-refractivity contribution in [2.75, 3.05) is 11.5 Å². The van der Waals surface area contributed by atoms with Crippen molar-refractivity contribution in [1.82, 2.24) is 5.32 Å². The average Bonchev–Trinajstić information content (AvgIpc) is 2.75. The predicted molar refractivity (Wildman–Crippen MR) is 114 cm³/mol. The fourth-order valence-corrected chi connectivity index (χ4v) is 3.05. The number of nitrogens with one attached hydrogen (secondary N) is 1. The van der Waals surface area contributed by atoms with E-state index >= 15 is 0 Å². The number of imide groups is 2. The second-order valence-corrected chi connectivity index (χ2v) is 7.11. The van der Waals surface area contributed by atoms with Crippen molar-refractivity contribution in [1.29, 1.82) is 0 Å². The number of amides is 4. The van der Waals surface area contributed by atoms with E-state index in [1.165, 1.54) is 18.2 Å². The number of nitrogens with zero attached hydrogens (tertiary/aromatic N) is 1. The maximum Gasteiger partial charge on any atom is 0.341 e. The van der Waals surface area contributed by atoms with E-state index in [1.54, 1.807) is 24.3 Å². The van der Waals surface area contributed by atoms with Crippen LogP contribution in [0.25, 0.3) is 6.08 Å². The van der Waals surface area contributed by atoms with Crippen LogP contribution >= 0.6 is 0 Å². The topological polar surface area (TPSA) is 113 Å². The highest BCUT2D eigenvalue weighted by Crippen LogP contribution is 2.26. The van der Waals surface area contributed by atoms with Crippen LogP contribution in [0.3, 0.4) is 0 Å². The van der Waals surface area contributed by atoms with E-state index < -0.39 is 30.4 Å². The van der Waals surface area contributed by atoms with Crippen molar-refractivity contribution < 1.29 is 29.0 Å². The molecule has 1 aliphatic rings. The van der Waals surface area contributed by atoms with Crippen molar-refractivity contribution in [3.63, 3.8) is 0 Å². The zero-order valence-corrected chi connectivity index (χ0v) is 17.1. The van der Waals surface area contributed by atoms with Gasteiger partial charge in [0.2, 0.25) is 0 Å². The molecule has 8 heteroatoms. The average molecular weight is 422 g/mol. The molecule has 31 heavy (non-hydrogen) atoms. The molecule has 3 rings (SSSR count). The minimum absolute atomic E-state index is 0.190. The number of carbonyl (C=O) groups is 4. The lowest BCUT2D eigenvalue weighted by Crippen LogP contribution is -2.54. The van der Waals surface area contributed by atoms with Gasteiger partial charge in [0.15, 0.2) is 6.61 Å². The number of urea groups is 1. The lowest BCUT2D eigenvalue weighted by molar-refractivity contribution is -0.139. The van der Waals surface area contributed by atoms with Crippen LogP contribution in [-0.2, 0) is 14.4 Å². The molecule has 2 N–H and O–H groups in total. The number of hydrogen-bond donors (Lipinski definition) is 2. The highest BCUT2D eigenvalue weighted by molar-refractivity contribution is 6.39. The smallest absolute Gasteiger partial charge is 0.341 e. The van der Waals surface area contributed by atoms with Crippen molar-refractivity contribution in [3.8, 4) is 5.75 Å². The molecule has 0 aliphatic carbocycles. The Labute approximate surface area is 179 Å². The quantitative estimate of drug-likeness (QED) is 0.523. The number of carboxylic acid groups (broad SMARTS) is 1. The monoisotopic (exact) mass is 422 g/mol. The van der Waals surface area contributed by atoms with E-state index in [-0.39, 0.29) is 5.57 Å². The Balaban J connectivity index is 1.84. The summed E-state index contributed by atoms with van der Waals surface area (Å²) in [7, 11) is 0. The minimum Gasteiger partial charge on any atom is -0.482 e. The van der Waals surface area contributed by atoms with Crippen LogP contribution in [0.15, 0.2) is 54.1 Å². The number of rotatable bonds is 7. The molecule has 160 valence electrons. The van der Waals surface area contributed by atoms with E-state index in [0.717, 1.165) is 16.9 Å². The fraction of sp³-hybridized carbons (Fsp3) is 0.217. The van der Waals surface area contributed by atoms with Gasteiger partial charge in [-0.1, -0.05) is 38.1 Å². The number of aliphatic carboxylic acids is 1. The standard InChI is InChI=1S/C23H22N2O6/c1-3-14(2)16-6-8-17(9-7-16)25-22(29)19(21(28)24-23(25)30)12-15-4-10-18(11-5-15)31-13-20(26)27/h4-12,14H,3,13H2,1-2H3,(H,26,27)(H,24,28,30). The fourth-order valence-electron chi connectivity index (χ4n) is 3.05. The van der Waals surface area contributed by atoms with Crippen LogP contribution in [-0.4, -0.2) is 35.5 Å². The summed E-state index contributed by atoms with van der Waals surface area (Å²) in [5.41, 5.74) is 1.78. The molecule has 2 aromatic carbocycles. The zero-order valence-electron chi connectivity index (χ0n) is 17.1. The predicted octanol–water partition coefficient (Wildman–Crippen LogP) is 3.33. The summed E-state index contributed by atoms with van der Waals surface area (Å²) in [5.74, 6) is -1.93. The number of ether oxygens (including phenoxy) is 1. The van der Waals surface area contributed by atoms with Crippen molar-refractivity contribution >= 4 is 35.6 Å². The van der Waals surface area contributed by atoms with Crippen LogP contribution in [0.4, 0.5) is 10.5 Å². The SMILES string of the molecule is CCC(C)c1ccc(N2C(=O)NC(=O)C(=Cc3ccc(OCC(=O)O)cc3)C2=O)cc1. The van der Waals surface area contributed by atoms with Gasteiger partial charge in [-0.2, -0.15) is 0 Å². The van der Waals surface area contributed by atoms with Crippen molar-refractivity contribution in [2.45, 2.75) is 26.2 Å². The Morgan fingerprint density at radius 1 is 1.10 bits per heavy atom. The lowest BCUT2D eigenvalue weighted by Gasteiger charge is -2.26. The molecule has 1 atom stereocenters. The second kappa shape index (κ2) is 9.25. The number of barbiturate groups is 1. The molecule has 0 radical (unpaired) electrons. The summed E-state index contributed by atoms with van der Waals surface area (Å²) < 4.78 is 5.06. The van der Waals surface area contributed by atoms with E-state index in [2.05, 4.69) is 19.2 Å². The first-order chi connectivity index (χ1) is 14.8. The molecule has 1 heterocycles. The van der Waals surface area contributed by atoms with Gasteiger partial charge in [0, 0.05) is 0 Å². The first-order valence-electron chi connectivity index (χ1n) is 9.76. The van der Waals surface area contributed by atoms with Gasteiger partial charge in [-0.15, -0.1) is 0 Å². The Morgan fingerprint density at radius 3 is 2.32 bits per heavy atom. The molecule has 1 fully saturated rings. The molecule has 1 aliphatic heterocycles. The second-order valence-electron chi connectivity index (χ2n) is 7.11. The summed E-state index contributed by atoms with van der Waals surface area (Å²) >= 11 is 0. The molecule has 0 aromatic heterocycles. The number of anilines is 1. The molecular weight excluding hydrogens is 400 g/mol. The van der Waals surface area contributed by atoms with Crippen LogP contribution in [0.2, 0.25) is 0 Å². The summed E-state index contributed by atoms with van der Waals surface area (Å²) in [6.45, 7) is 3.69. The van der Waals surface area contributed by atoms with Crippen LogP contribution in [0.5, 0.6) is 5.75 Å². The minimum atomic E-state index is -1.10. The lowest BCUT2D eigenvalue weighted by atomic mass is 9.98. The Hall–Kier alpha value is -3.94. The molecule has 0 saturated carbocycles. The molecule has 4 amide bonds. The van der Waals surface area contributed by atoms with Gasteiger partial charge >= 0.3 is 12.0 Å². The van der Waals surface area contributed by atoms with Gasteiger partial charge in [-0.3, -0.25) is 14.9 Å². The number of hydrogen-bond acceptors (Lipinski definition) is 5. The van der Waals surface area contributed by atoms with Crippen LogP contribution in [0, 0.1) is 0 Å². The summed E-state index contributed by atoms with van der Waals surface area (Å²) in [4.78, 5) is 49.1. The third-order valence-corrected chi connectivity index (χ3v) is 4.99. The molecule has 2 aromatic rings. The van der Waals surface area contributed by atoms with Gasteiger partial charge in [-0.05, 0) is 53.8 Å². The molecule has 1 unspecified atom stereocenters. The highest BCUT2D eigenvalue weighted by Gasteiger charge is 2.36. The molecule has 1 saturated heterocycles. The number of carbonyl (C=O) groups excluding carboxylic acids is 3. The maximum absolute atomic E-state index is 13.0. The van der Waals surface area contributed by atoms with Crippen molar-refractivity contribution in [2.24, 2.45) is 0 Å². The van der Waals surface area contributed by atoms with Gasteiger partial charge in [0.05, 0.1) is 5.69 Å². The van der Waals surface area contributed by atoms with Crippen LogP contribution < -0.4 is 15.0 Å². The van der Waals surface area contributed by atoms with E-state index in [4.69, 9.17) is 9.84 Å². The summed E-state index contributed by atoms with van der Waals surface area (Å²) in [6, 6.07) is 12.5. The van der Waals surface area contributed by atoms with Gasteiger partial charge in [0.1, 0.15) is 11.3 Å². The normalized spacial score (nSPS) is 16.3. The zero-order chi connectivity index (χ0) is 22.5. The largest absolute Gasteiger partial charge is 0.482 e. The van der Waals surface area contributed by atoms with Crippen LogP contribution in [0.1, 0.15) is 37.3 Å². The molecule has 0 bridgehead atoms. The third kappa shape index (κ3) is 4.98. The number of benzene rings is 2. The molecule has 8 nitrogen and oxygen atoms in total. The third-order valence-electron chi connectivity index (χ3n) is 4.99. The van der Waals surface area contributed by atoms with Crippen molar-refractivity contribution in [3.05, 3.63) is 65.2 Å². The van der Waals surface area contributed by atoms with E-state index in [1.807, 2.05) is 12.1 Å². The number of carboxylic acids is 1. The maximum atomic E-state index is 13.0.